The first-order valence-electron chi connectivity index (χ1n) is 6.59. The van der Waals surface area contributed by atoms with Crippen molar-refractivity contribution in [2.75, 3.05) is 26.8 Å². The zero-order chi connectivity index (χ0) is 14.3. The van der Waals surface area contributed by atoms with Crippen LogP contribution in [0.4, 0.5) is 4.39 Å². The van der Waals surface area contributed by atoms with Crippen LogP contribution in [-0.4, -0.2) is 42.4 Å². The van der Waals surface area contributed by atoms with Crippen molar-refractivity contribution >= 4 is 0 Å². The average Bonchev–Trinajstić information content (AvgIpc) is 2.30. The molecule has 0 radical (unpaired) electrons. The summed E-state index contributed by atoms with van der Waals surface area (Å²) in [5.41, 5.74) is 0.302. The van der Waals surface area contributed by atoms with E-state index in [2.05, 4.69) is 4.90 Å². The van der Waals surface area contributed by atoms with Gasteiger partial charge in [0.15, 0.2) is 0 Å². The van der Waals surface area contributed by atoms with Gasteiger partial charge in [-0.3, -0.25) is 4.90 Å². The third-order valence-electron chi connectivity index (χ3n) is 2.75. The van der Waals surface area contributed by atoms with E-state index in [1.165, 1.54) is 12.1 Å². The van der Waals surface area contributed by atoms with E-state index in [0.29, 0.717) is 19.7 Å². The molecule has 108 valence electrons. The van der Waals surface area contributed by atoms with Crippen molar-refractivity contribution in [2.45, 2.75) is 32.4 Å². The highest BCUT2D eigenvalue weighted by molar-refractivity contribution is 5.15. The number of ether oxygens (including phenoxy) is 1. The zero-order valence-electron chi connectivity index (χ0n) is 12.0. The Labute approximate surface area is 115 Å². The predicted octanol–water partition coefficient (Wildman–Crippen LogP) is 2.44. The van der Waals surface area contributed by atoms with E-state index in [1.807, 2.05) is 0 Å². The molecule has 0 fully saturated rings. The van der Waals surface area contributed by atoms with Crippen LogP contribution in [0.15, 0.2) is 24.3 Å². The Kier molecular flexibility index (Phi) is 6.42. The Morgan fingerprint density at radius 3 is 2.42 bits per heavy atom. The Morgan fingerprint density at radius 2 is 1.89 bits per heavy atom. The van der Waals surface area contributed by atoms with Gasteiger partial charge in [-0.25, -0.2) is 4.39 Å². The standard InChI is InChI=1S/C15H24FNO2/c1-15(2,18)12-17(9-4-10-19-3)11-13-5-7-14(16)8-6-13/h5-8,18H,4,9-12H2,1-3H3. The van der Waals surface area contributed by atoms with E-state index in [9.17, 15) is 9.50 Å². The van der Waals surface area contributed by atoms with Gasteiger partial charge in [-0.2, -0.15) is 0 Å². The Morgan fingerprint density at radius 1 is 1.26 bits per heavy atom. The molecule has 0 saturated carbocycles. The first-order chi connectivity index (χ1) is 8.90. The van der Waals surface area contributed by atoms with Crippen LogP contribution in [0.5, 0.6) is 0 Å². The Balaban J connectivity index is 2.59. The van der Waals surface area contributed by atoms with Crippen molar-refractivity contribution in [1.29, 1.82) is 0 Å². The molecule has 3 nitrogen and oxygen atoms in total. The summed E-state index contributed by atoms with van der Waals surface area (Å²) in [7, 11) is 1.68. The fourth-order valence-electron chi connectivity index (χ4n) is 2.04. The molecule has 19 heavy (non-hydrogen) atoms. The fraction of sp³-hybridized carbons (Fsp3) is 0.600. The molecule has 1 N–H and O–H groups in total. The molecule has 0 spiro atoms. The largest absolute Gasteiger partial charge is 0.389 e. The number of hydrogen-bond acceptors (Lipinski definition) is 3. The number of methoxy groups -OCH3 is 1. The molecule has 4 heteroatoms. The van der Waals surface area contributed by atoms with Crippen LogP contribution in [0.2, 0.25) is 0 Å². The van der Waals surface area contributed by atoms with Gasteiger partial charge >= 0.3 is 0 Å². The lowest BCUT2D eigenvalue weighted by Crippen LogP contribution is -2.39. The Hall–Kier alpha value is -0.970. The molecule has 0 saturated heterocycles. The fourth-order valence-corrected chi connectivity index (χ4v) is 2.04. The molecule has 0 aliphatic carbocycles. The molecule has 0 aromatic heterocycles. The van der Waals surface area contributed by atoms with Gasteiger partial charge in [-0.15, -0.1) is 0 Å². The first-order valence-corrected chi connectivity index (χ1v) is 6.59. The van der Waals surface area contributed by atoms with Crippen molar-refractivity contribution in [2.24, 2.45) is 0 Å². The van der Waals surface area contributed by atoms with E-state index in [0.717, 1.165) is 18.5 Å². The monoisotopic (exact) mass is 269 g/mol. The molecule has 0 bridgehead atoms. The summed E-state index contributed by atoms with van der Waals surface area (Å²) in [6.45, 7) is 6.41. The molecular weight excluding hydrogens is 245 g/mol. The zero-order valence-corrected chi connectivity index (χ0v) is 12.0. The van der Waals surface area contributed by atoms with Crippen molar-refractivity contribution in [3.8, 4) is 0 Å². The second kappa shape index (κ2) is 7.58. The third-order valence-corrected chi connectivity index (χ3v) is 2.75. The lowest BCUT2D eigenvalue weighted by Gasteiger charge is -2.29. The number of rotatable bonds is 8. The highest BCUT2D eigenvalue weighted by Crippen LogP contribution is 2.11. The van der Waals surface area contributed by atoms with E-state index < -0.39 is 5.60 Å². The maximum Gasteiger partial charge on any atom is 0.123 e. The molecule has 1 rings (SSSR count). The van der Waals surface area contributed by atoms with Crippen LogP contribution < -0.4 is 0 Å². The van der Waals surface area contributed by atoms with Gasteiger partial charge < -0.3 is 9.84 Å². The maximum atomic E-state index is 12.9. The molecule has 0 unspecified atom stereocenters. The van der Waals surface area contributed by atoms with Crippen LogP contribution >= 0.6 is 0 Å². The normalized spacial score (nSPS) is 12.1. The molecule has 1 aromatic rings. The molecule has 1 aromatic carbocycles. The summed E-state index contributed by atoms with van der Waals surface area (Å²) < 4.78 is 17.9. The lowest BCUT2D eigenvalue weighted by atomic mass is 10.1. The van der Waals surface area contributed by atoms with Crippen molar-refractivity contribution in [3.05, 3.63) is 35.6 Å². The number of nitrogens with zero attached hydrogens (tertiary/aromatic N) is 1. The van der Waals surface area contributed by atoms with Gasteiger partial charge in [0.1, 0.15) is 5.82 Å². The highest BCUT2D eigenvalue weighted by atomic mass is 19.1. The van der Waals surface area contributed by atoms with Gasteiger partial charge in [-0.1, -0.05) is 12.1 Å². The van der Waals surface area contributed by atoms with Gasteiger partial charge in [0.05, 0.1) is 5.60 Å². The summed E-state index contributed by atoms with van der Waals surface area (Å²) in [4.78, 5) is 2.16. The molecule has 0 heterocycles. The van der Waals surface area contributed by atoms with E-state index >= 15 is 0 Å². The quantitative estimate of drug-likeness (QED) is 0.736. The number of halogens is 1. The van der Waals surface area contributed by atoms with Gasteiger partial charge in [0.25, 0.3) is 0 Å². The van der Waals surface area contributed by atoms with E-state index in [-0.39, 0.29) is 5.82 Å². The summed E-state index contributed by atoms with van der Waals surface area (Å²) in [5, 5.41) is 9.93. The molecule has 0 aliphatic heterocycles. The Bertz CT molecular complexity index is 359. The second-order valence-electron chi connectivity index (χ2n) is 5.50. The van der Waals surface area contributed by atoms with Crippen LogP contribution in [0.1, 0.15) is 25.8 Å². The summed E-state index contributed by atoms with van der Waals surface area (Å²) in [5.74, 6) is -0.225. The summed E-state index contributed by atoms with van der Waals surface area (Å²) in [6.07, 6.45) is 0.910. The van der Waals surface area contributed by atoms with Crippen LogP contribution in [0, 0.1) is 5.82 Å². The van der Waals surface area contributed by atoms with Crippen molar-refractivity contribution in [1.82, 2.24) is 4.90 Å². The van der Waals surface area contributed by atoms with Crippen molar-refractivity contribution < 1.29 is 14.2 Å². The molecule has 0 atom stereocenters. The van der Waals surface area contributed by atoms with Crippen LogP contribution in [-0.2, 0) is 11.3 Å². The molecular formula is C15H24FNO2. The summed E-state index contributed by atoms with van der Waals surface area (Å²) in [6, 6.07) is 6.49. The second-order valence-corrected chi connectivity index (χ2v) is 5.50. The van der Waals surface area contributed by atoms with Crippen LogP contribution in [0.25, 0.3) is 0 Å². The predicted molar refractivity (Wildman–Crippen MR) is 74.5 cm³/mol. The molecule has 0 amide bonds. The van der Waals surface area contributed by atoms with E-state index in [1.54, 1.807) is 33.1 Å². The third kappa shape index (κ3) is 7.25. The maximum absolute atomic E-state index is 12.9. The topological polar surface area (TPSA) is 32.7 Å². The SMILES string of the molecule is COCCCN(Cc1ccc(F)cc1)CC(C)(C)O. The minimum absolute atomic E-state index is 0.225. The minimum Gasteiger partial charge on any atom is -0.389 e. The number of aliphatic hydroxyl groups is 1. The smallest absolute Gasteiger partial charge is 0.123 e. The van der Waals surface area contributed by atoms with Crippen LogP contribution in [0.3, 0.4) is 0 Å². The number of benzene rings is 1. The van der Waals surface area contributed by atoms with E-state index in [4.69, 9.17) is 4.74 Å². The van der Waals surface area contributed by atoms with Gasteiger partial charge in [0.2, 0.25) is 0 Å². The highest BCUT2D eigenvalue weighted by Gasteiger charge is 2.18. The first kappa shape index (κ1) is 16.1. The van der Waals surface area contributed by atoms with Crippen molar-refractivity contribution in [3.63, 3.8) is 0 Å². The van der Waals surface area contributed by atoms with Gasteiger partial charge in [0, 0.05) is 33.4 Å². The van der Waals surface area contributed by atoms with Gasteiger partial charge in [-0.05, 0) is 38.0 Å². The lowest BCUT2D eigenvalue weighted by molar-refractivity contribution is 0.0306. The molecule has 0 aliphatic rings. The minimum atomic E-state index is -0.743. The summed E-state index contributed by atoms with van der Waals surface area (Å²) >= 11 is 0. The number of hydrogen-bond donors (Lipinski definition) is 1. The average molecular weight is 269 g/mol.